The molecule has 0 saturated heterocycles. The van der Waals surface area contributed by atoms with E-state index < -0.39 is 0 Å². The van der Waals surface area contributed by atoms with Crippen LogP contribution in [0, 0.1) is 0 Å². The quantitative estimate of drug-likeness (QED) is 0.808. The first-order chi connectivity index (χ1) is 11.3. The molecule has 0 saturated carbocycles. The van der Waals surface area contributed by atoms with Gasteiger partial charge in [-0.25, -0.2) is 4.79 Å². The van der Waals surface area contributed by atoms with Gasteiger partial charge in [-0.1, -0.05) is 12.1 Å². The van der Waals surface area contributed by atoms with Gasteiger partial charge in [-0.3, -0.25) is 9.97 Å². The van der Waals surface area contributed by atoms with Crippen LogP contribution >= 0.6 is 0 Å². The van der Waals surface area contributed by atoms with Gasteiger partial charge < -0.3 is 15.0 Å². The maximum Gasteiger partial charge on any atom is 0.317 e. The average Bonchev–Trinajstić information content (AvgIpc) is 2.60. The lowest BCUT2D eigenvalue weighted by molar-refractivity contribution is 0.146. The number of nitrogens with zero attached hydrogens (tertiary/aromatic N) is 3. The van der Waals surface area contributed by atoms with Crippen LogP contribution in [0.2, 0.25) is 0 Å². The van der Waals surface area contributed by atoms with Crippen molar-refractivity contribution in [3.63, 3.8) is 0 Å². The van der Waals surface area contributed by atoms with Crippen molar-refractivity contribution in [1.82, 2.24) is 20.2 Å². The summed E-state index contributed by atoms with van der Waals surface area (Å²) in [6, 6.07) is 9.48. The Bertz CT molecular complexity index is 578. The first kappa shape index (κ1) is 16.9. The van der Waals surface area contributed by atoms with Crippen LogP contribution in [0.15, 0.2) is 48.9 Å². The van der Waals surface area contributed by atoms with Gasteiger partial charge in [0.1, 0.15) is 0 Å². The summed E-state index contributed by atoms with van der Waals surface area (Å²) in [4.78, 5) is 22.4. The number of pyridine rings is 2. The lowest BCUT2D eigenvalue weighted by Gasteiger charge is -2.22. The number of ether oxygens (including phenoxy) is 1. The van der Waals surface area contributed by atoms with E-state index in [0.29, 0.717) is 32.7 Å². The van der Waals surface area contributed by atoms with E-state index in [1.165, 1.54) is 0 Å². The Morgan fingerprint density at radius 1 is 1.26 bits per heavy atom. The van der Waals surface area contributed by atoms with Crippen molar-refractivity contribution in [2.75, 3.05) is 26.8 Å². The number of nitrogens with one attached hydrogen (secondary N) is 1. The monoisotopic (exact) mass is 314 g/mol. The summed E-state index contributed by atoms with van der Waals surface area (Å²) in [5, 5.41) is 2.93. The number of aromatic nitrogens is 2. The Balaban J connectivity index is 1.85. The third kappa shape index (κ3) is 6.04. The lowest BCUT2D eigenvalue weighted by Crippen LogP contribution is -2.42. The normalized spacial score (nSPS) is 10.3. The molecule has 6 nitrogen and oxygen atoms in total. The third-order valence-electron chi connectivity index (χ3n) is 3.33. The minimum Gasteiger partial charge on any atom is -0.383 e. The van der Waals surface area contributed by atoms with E-state index in [1.54, 1.807) is 30.6 Å². The predicted molar refractivity (Wildman–Crippen MR) is 87.9 cm³/mol. The number of methoxy groups -OCH3 is 1. The second-order valence-corrected chi connectivity index (χ2v) is 5.08. The molecule has 2 heterocycles. The largest absolute Gasteiger partial charge is 0.383 e. The van der Waals surface area contributed by atoms with Crippen LogP contribution in [0.25, 0.3) is 0 Å². The molecule has 2 amide bonds. The zero-order valence-corrected chi connectivity index (χ0v) is 13.3. The third-order valence-corrected chi connectivity index (χ3v) is 3.33. The Kier molecular flexibility index (Phi) is 7.00. The standard InChI is InChI=1S/C17H22N4O2/c1-23-12-11-21(14-15-5-4-8-18-13-15)17(22)20-10-7-16-6-2-3-9-19-16/h2-6,8-9,13H,7,10-12,14H2,1H3,(H,20,22). The number of carbonyl (C=O) groups is 1. The number of hydrogen-bond acceptors (Lipinski definition) is 4. The van der Waals surface area contributed by atoms with Gasteiger partial charge >= 0.3 is 6.03 Å². The maximum atomic E-state index is 12.4. The fourth-order valence-corrected chi connectivity index (χ4v) is 2.12. The molecule has 122 valence electrons. The number of carbonyl (C=O) groups excluding carboxylic acids is 1. The molecule has 6 heteroatoms. The summed E-state index contributed by atoms with van der Waals surface area (Å²) in [5.74, 6) is 0. The van der Waals surface area contributed by atoms with Gasteiger partial charge in [0.05, 0.1) is 6.61 Å². The van der Waals surface area contributed by atoms with Crippen LogP contribution < -0.4 is 5.32 Å². The first-order valence-electron chi connectivity index (χ1n) is 7.60. The smallest absolute Gasteiger partial charge is 0.317 e. The van der Waals surface area contributed by atoms with Crippen molar-refractivity contribution in [1.29, 1.82) is 0 Å². The van der Waals surface area contributed by atoms with Crippen molar-refractivity contribution in [3.05, 3.63) is 60.2 Å². The summed E-state index contributed by atoms with van der Waals surface area (Å²) < 4.78 is 5.09. The van der Waals surface area contributed by atoms with E-state index in [1.807, 2.05) is 30.3 Å². The van der Waals surface area contributed by atoms with Crippen LogP contribution in [0.4, 0.5) is 4.79 Å². The predicted octanol–water partition coefficient (Wildman–Crippen LogP) is 1.88. The molecule has 0 aromatic carbocycles. The summed E-state index contributed by atoms with van der Waals surface area (Å²) in [7, 11) is 1.63. The molecular weight excluding hydrogens is 292 g/mol. The number of hydrogen-bond donors (Lipinski definition) is 1. The molecule has 0 aliphatic rings. The molecule has 0 aliphatic carbocycles. The van der Waals surface area contributed by atoms with Gasteiger partial charge in [0.2, 0.25) is 0 Å². The molecule has 23 heavy (non-hydrogen) atoms. The van der Waals surface area contributed by atoms with E-state index in [2.05, 4.69) is 15.3 Å². The van der Waals surface area contributed by atoms with Gasteiger partial charge in [-0.2, -0.15) is 0 Å². The Morgan fingerprint density at radius 2 is 2.17 bits per heavy atom. The first-order valence-corrected chi connectivity index (χ1v) is 7.60. The van der Waals surface area contributed by atoms with E-state index in [-0.39, 0.29) is 6.03 Å². The summed E-state index contributed by atoms with van der Waals surface area (Å²) in [5.41, 5.74) is 1.95. The highest BCUT2D eigenvalue weighted by Gasteiger charge is 2.13. The Hall–Kier alpha value is -2.47. The highest BCUT2D eigenvalue weighted by atomic mass is 16.5. The zero-order chi connectivity index (χ0) is 16.3. The van der Waals surface area contributed by atoms with E-state index in [4.69, 9.17) is 4.74 Å². The molecule has 2 rings (SSSR count). The van der Waals surface area contributed by atoms with Crippen LogP contribution in [-0.4, -0.2) is 47.7 Å². The molecule has 2 aromatic heterocycles. The molecule has 2 aromatic rings. The topological polar surface area (TPSA) is 67.3 Å². The molecule has 0 atom stereocenters. The summed E-state index contributed by atoms with van der Waals surface area (Å²) in [6.07, 6.45) is 5.94. The minimum absolute atomic E-state index is 0.109. The van der Waals surface area contributed by atoms with Crippen molar-refractivity contribution >= 4 is 6.03 Å². The van der Waals surface area contributed by atoms with Gasteiger partial charge in [0.25, 0.3) is 0 Å². The Morgan fingerprint density at radius 3 is 2.87 bits per heavy atom. The second kappa shape index (κ2) is 9.53. The molecule has 0 spiro atoms. The summed E-state index contributed by atoms with van der Waals surface area (Å²) >= 11 is 0. The van der Waals surface area contributed by atoms with Gasteiger partial charge in [0, 0.05) is 57.4 Å². The SMILES string of the molecule is COCCN(Cc1cccnc1)C(=O)NCCc1ccccn1. The average molecular weight is 314 g/mol. The molecular formula is C17H22N4O2. The number of urea groups is 1. The van der Waals surface area contributed by atoms with Crippen LogP contribution in [-0.2, 0) is 17.7 Å². The van der Waals surface area contributed by atoms with Crippen molar-refractivity contribution in [3.8, 4) is 0 Å². The van der Waals surface area contributed by atoms with Gasteiger partial charge in [-0.15, -0.1) is 0 Å². The van der Waals surface area contributed by atoms with Crippen molar-refractivity contribution < 1.29 is 9.53 Å². The summed E-state index contributed by atoms with van der Waals surface area (Å²) in [6.45, 7) is 2.08. The van der Waals surface area contributed by atoms with Gasteiger partial charge in [0.15, 0.2) is 0 Å². The number of amides is 2. The minimum atomic E-state index is -0.109. The molecule has 0 bridgehead atoms. The van der Waals surface area contributed by atoms with Gasteiger partial charge in [-0.05, 0) is 23.8 Å². The van der Waals surface area contributed by atoms with Crippen molar-refractivity contribution in [2.45, 2.75) is 13.0 Å². The fraction of sp³-hybridized carbons (Fsp3) is 0.353. The Labute approximate surface area is 136 Å². The molecule has 0 radical (unpaired) electrons. The van der Waals surface area contributed by atoms with Crippen molar-refractivity contribution in [2.24, 2.45) is 0 Å². The molecule has 0 aliphatic heterocycles. The van der Waals surface area contributed by atoms with Crippen LogP contribution in [0.1, 0.15) is 11.3 Å². The lowest BCUT2D eigenvalue weighted by atomic mass is 10.2. The van der Waals surface area contributed by atoms with E-state index in [0.717, 1.165) is 11.3 Å². The van der Waals surface area contributed by atoms with Crippen LogP contribution in [0.5, 0.6) is 0 Å². The maximum absolute atomic E-state index is 12.4. The highest BCUT2D eigenvalue weighted by molar-refractivity contribution is 5.74. The van der Waals surface area contributed by atoms with Crippen LogP contribution in [0.3, 0.4) is 0 Å². The molecule has 1 N–H and O–H groups in total. The number of rotatable bonds is 8. The van der Waals surface area contributed by atoms with E-state index >= 15 is 0 Å². The highest BCUT2D eigenvalue weighted by Crippen LogP contribution is 2.03. The molecule has 0 unspecified atom stereocenters. The zero-order valence-electron chi connectivity index (χ0n) is 13.3. The molecule has 0 fully saturated rings. The van der Waals surface area contributed by atoms with E-state index in [9.17, 15) is 4.79 Å². The second-order valence-electron chi connectivity index (χ2n) is 5.08. The fourth-order valence-electron chi connectivity index (χ4n) is 2.12.